The highest BCUT2D eigenvalue weighted by Crippen LogP contribution is 2.31. The Morgan fingerprint density at radius 3 is 2.11 bits per heavy atom. The van der Waals surface area contributed by atoms with Crippen molar-refractivity contribution in [3.05, 3.63) is 0 Å². The van der Waals surface area contributed by atoms with Crippen LogP contribution in [0.4, 0.5) is 0 Å². The predicted molar refractivity (Wildman–Crippen MR) is 80.0 cm³/mol. The first-order valence-electron chi connectivity index (χ1n) is 7.68. The fourth-order valence-corrected chi connectivity index (χ4v) is 5.52. The summed E-state index contributed by atoms with van der Waals surface area (Å²) < 4.78 is 27.4. The lowest BCUT2D eigenvalue weighted by atomic mass is 9.80. The first-order chi connectivity index (χ1) is 9.13. The van der Waals surface area contributed by atoms with E-state index in [-0.39, 0.29) is 5.25 Å². The van der Waals surface area contributed by atoms with Gasteiger partial charge in [0.05, 0.1) is 5.25 Å². The van der Waals surface area contributed by atoms with Gasteiger partial charge in [0.2, 0.25) is 10.0 Å². The maximum absolute atomic E-state index is 12.3. The second-order valence-corrected chi connectivity index (χ2v) is 8.47. The van der Waals surface area contributed by atoms with Crippen molar-refractivity contribution in [1.29, 1.82) is 0 Å². The van der Waals surface area contributed by atoms with Gasteiger partial charge in [-0.1, -0.05) is 32.1 Å². The smallest absolute Gasteiger partial charge is 0.214 e. The molecule has 0 heterocycles. The Balaban J connectivity index is 1.85. The minimum Gasteiger partial charge on any atom is -0.215 e. The Bertz CT molecular complexity index is 366. The molecule has 0 amide bonds. The van der Waals surface area contributed by atoms with Crippen molar-refractivity contribution in [2.24, 2.45) is 11.8 Å². The van der Waals surface area contributed by atoms with Gasteiger partial charge < -0.3 is 0 Å². The molecule has 0 radical (unpaired) electrons. The van der Waals surface area contributed by atoms with Crippen molar-refractivity contribution >= 4 is 21.6 Å². The fraction of sp³-hybridized carbons (Fsp3) is 1.00. The van der Waals surface area contributed by atoms with E-state index in [1.807, 2.05) is 0 Å². The topological polar surface area (TPSA) is 46.2 Å². The van der Waals surface area contributed by atoms with E-state index in [1.165, 1.54) is 19.3 Å². The van der Waals surface area contributed by atoms with E-state index in [2.05, 4.69) is 4.72 Å². The zero-order valence-electron chi connectivity index (χ0n) is 11.6. The summed E-state index contributed by atoms with van der Waals surface area (Å²) in [7, 11) is -3.11. The third-order valence-electron chi connectivity index (χ3n) is 4.80. The minimum absolute atomic E-state index is 0.153. The molecule has 2 unspecified atom stereocenters. The quantitative estimate of drug-likeness (QED) is 0.792. The number of rotatable bonds is 5. The average molecular weight is 308 g/mol. The molecule has 19 heavy (non-hydrogen) atoms. The lowest BCUT2D eigenvalue weighted by molar-refractivity contribution is 0.260. The summed E-state index contributed by atoms with van der Waals surface area (Å²) in [6.45, 7) is 0.593. The van der Waals surface area contributed by atoms with Gasteiger partial charge >= 0.3 is 0 Å². The summed E-state index contributed by atoms with van der Waals surface area (Å²) in [4.78, 5) is 0. The SMILES string of the molecule is O=S(=O)(NCC1CCCCC1CCl)C1CCCCC1. The summed E-state index contributed by atoms with van der Waals surface area (Å²) in [5.74, 6) is 1.59. The van der Waals surface area contributed by atoms with E-state index in [4.69, 9.17) is 11.6 Å². The minimum atomic E-state index is -3.11. The molecule has 2 fully saturated rings. The van der Waals surface area contributed by atoms with Gasteiger partial charge in [0.15, 0.2) is 0 Å². The number of hydrogen-bond acceptors (Lipinski definition) is 2. The van der Waals surface area contributed by atoms with Crippen LogP contribution in [0.3, 0.4) is 0 Å². The number of alkyl halides is 1. The molecule has 5 heteroatoms. The average Bonchev–Trinajstić information content (AvgIpc) is 2.46. The monoisotopic (exact) mass is 307 g/mol. The summed E-state index contributed by atoms with van der Waals surface area (Å²) >= 11 is 6.00. The van der Waals surface area contributed by atoms with Crippen LogP contribution in [0.1, 0.15) is 57.8 Å². The Morgan fingerprint density at radius 1 is 0.895 bits per heavy atom. The zero-order valence-corrected chi connectivity index (χ0v) is 13.2. The normalized spacial score (nSPS) is 30.4. The van der Waals surface area contributed by atoms with E-state index in [0.717, 1.165) is 38.5 Å². The third kappa shape index (κ3) is 4.33. The van der Waals surface area contributed by atoms with Gasteiger partial charge in [-0.3, -0.25) is 0 Å². The molecule has 3 nitrogen and oxygen atoms in total. The van der Waals surface area contributed by atoms with E-state index in [1.54, 1.807) is 0 Å². The molecule has 0 saturated heterocycles. The van der Waals surface area contributed by atoms with Crippen LogP contribution in [-0.4, -0.2) is 26.1 Å². The number of sulfonamides is 1. The first-order valence-corrected chi connectivity index (χ1v) is 9.76. The molecule has 0 aromatic rings. The van der Waals surface area contributed by atoms with Crippen LogP contribution in [0.15, 0.2) is 0 Å². The van der Waals surface area contributed by atoms with Gasteiger partial charge in [0.1, 0.15) is 0 Å². The Hall–Kier alpha value is 0.200. The lowest BCUT2D eigenvalue weighted by Crippen LogP contribution is -2.40. The Morgan fingerprint density at radius 2 is 1.47 bits per heavy atom. The number of nitrogens with one attached hydrogen (secondary N) is 1. The summed E-state index contributed by atoms with van der Waals surface area (Å²) in [5.41, 5.74) is 0. The first kappa shape index (κ1) is 15.6. The Kier molecular flexibility index (Phi) is 5.97. The molecular weight excluding hydrogens is 282 g/mol. The second kappa shape index (κ2) is 7.28. The van der Waals surface area contributed by atoms with Gasteiger partial charge in [-0.15, -0.1) is 11.6 Å². The van der Waals surface area contributed by atoms with Crippen LogP contribution in [-0.2, 0) is 10.0 Å². The highest BCUT2D eigenvalue weighted by atomic mass is 35.5. The highest BCUT2D eigenvalue weighted by molar-refractivity contribution is 7.90. The molecule has 2 aliphatic rings. The van der Waals surface area contributed by atoms with Gasteiger partial charge in [0.25, 0.3) is 0 Å². The van der Waals surface area contributed by atoms with Gasteiger partial charge in [-0.2, -0.15) is 0 Å². The van der Waals surface area contributed by atoms with Gasteiger partial charge in [-0.05, 0) is 37.5 Å². The molecule has 0 bridgehead atoms. The van der Waals surface area contributed by atoms with Crippen LogP contribution in [0.25, 0.3) is 0 Å². The van der Waals surface area contributed by atoms with Crippen molar-refractivity contribution in [3.63, 3.8) is 0 Å². The summed E-state index contributed by atoms with van der Waals surface area (Å²) in [5, 5.41) is -0.153. The van der Waals surface area contributed by atoms with Gasteiger partial charge in [-0.25, -0.2) is 13.1 Å². The maximum atomic E-state index is 12.3. The zero-order chi connectivity index (χ0) is 13.7. The maximum Gasteiger partial charge on any atom is 0.214 e. The largest absolute Gasteiger partial charge is 0.215 e. The number of hydrogen-bond donors (Lipinski definition) is 1. The van der Waals surface area contributed by atoms with Crippen molar-refractivity contribution in [2.45, 2.75) is 63.0 Å². The number of halogens is 1. The molecule has 0 aromatic heterocycles. The van der Waals surface area contributed by atoms with Crippen molar-refractivity contribution in [3.8, 4) is 0 Å². The van der Waals surface area contributed by atoms with E-state index < -0.39 is 10.0 Å². The molecule has 0 aliphatic heterocycles. The van der Waals surface area contributed by atoms with Crippen LogP contribution in [0, 0.1) is 11.8 Å². The molecule has 2 saturated carbocycles. The third-order valence-corrected chi connectivity index (χ3v) is 7.12. The van der Waals surface area contributed by atoms with E-state index >= 15 is 0 Å². The van der Waals surface area contributed by atoms with Crippen molar-refractivity contribution in [1.82, 2.24) is 4.72 Å². The van der Waals surface area contributed by atoms with E-state index in [0.29, 0.717) is 24.3 Å². The van der Waals surface area contributed by atoms with Crippen molar-refractivity contribution < 1.29 is 8.42 Å². The Labute approximate surface area is 122 Å². The predicted octanol–water partition coefficient (Wildman–Crippen LogP) is 3.28. The summed E-state index contributed by atoms with van der Waals surface area (Å²) in [6.07, 6.45) is 9.68. The highest BCUT2D eigenvalue weighted by Gasteiger charge is 2.30. The van der Waals surface area contributed by atoms with Crippen LogP contribution in [0.5, 0.6) is 0 Å². The molecular formula is C14H26ClNO2S. The molecule has 2 atom stereocenters. The summed E-state index contributed by atoms with van der Waals surface area (Å²) in [6, 6.07) is 0. The van der Waals surface area contributed by atoms with Gasteiger partial charge in [0, 0.05) is 12.4 Å². The second-order valence-electron chi connectivity index (χ2n) is 6.11. The molecule has 0 spiro atoms. The molecule has 2 aliphatic carbocycles. The molecule has 112 valence electrons. The lowest BCUT2D eigenvalue weighted by Gasteiger charge is -2.31. The fourth-order valence-electron chi connectivity index (χ4n) is 3.47. The molecule has 2 rings (SSSR count). The molecule has 0 aromatic carbocycles. The van der Waals surface area contributed by atoms with Crippen molar-refractivity contribution in [2.75, 3.05) is 12.4 Å². The van der Waals surface area contributed by atoms with E-state index in [9.17, 15) is 8.42 Å². The standard InChI is InChI=1S/C14H26ClNO2S/c15-10-12-6-4-5-7-13(12)11-16-19(17,18)14-8-2-1-3-9-14/h12-14,16H,1-11H2. The van der Waals surface area contributed by atoms with Crippen LogP contribution in [0.2, 0.25) is 0 Å². The van der Waals surface area contributed by atoms with Crippen LogP contribution < -0.4 is 4.72 Å². The van der Waals surface area contributed by atoms with Crippen LogP contribution >= 0.6 is 11.6 Å². The molecule has 1 N–H and O–H groups in total.